The quantitative estimate of drug-likeness (QED) is 0.757. The molecule has 1 heterocycles. The summed E-state index contributed by atoms with van der Waals surface area (Å²) in [5, 5.41) is 12.7. The predicted octanol–water partition coefficient (Wildman–Crippen LogP) is 4.39. The molecule has 0 aliphatic carbocycles. The third kappa shape index (κ3) is 2.35. The highest BCUT2D eigenvalue weighted by Gasteiger charge is 2.14. The van der Waals surface area contributed by atoms with Crippen molar-refractivity contribution in [3.8, 4) is 0 Å². The van der Waals surface area contributed by atoms with Crippen LogP contribution in [0.1, 0.15) is 22.8 Å². The van der Waals surface area contributed by atoms with Gasteiger partial charge in [-0.1, -0.05) is 46.3 Å². The molecule has 0 aliphatic heterocycles. The average molecular weight is 328 g/mol. The summed E-state index contributed by atoms with van der Waals surface area (Å²) in [6.07, 6.45) is 2.94. The molecule has 1 atom stereocenters. The second-order valence-corrected chi connectivity index (χ2v) is 5.71. The summed E-state index contributed by atoms with van der Waals surface area (Å²) in [5.74, 6) is 0. The molecule has 2 aromatic carbocycles. The highest BCUT2D eigenvalue weighted by molar-refractivity contribution is 9.10. The second kappa shape index (κ2) is 5.35. The molecular weight excluding hydrogens is 314 g/mol. The maximum absolute atomic E-state index is 10.7. The molecule has 3 heteroatoms. The minimum Gasteiger partial charge on any atom is -0.384 e. The van der Waals surface area contributed by atoms with Gasteiger partial charge in [-0.15, -0.1) is 0 Å². The van der Waals surface area contributed by atoms with E-state index in [-0.39, 0.29) is 0 Å². The average Bonchev–Trinajstić information content (AvgIpc) is 2.49. The van der Waals surface area contributed by atoms with Crippen LogP contribution in [0, 0.1) is 6.92 Å². The number of hydrogen-bond acceptors (Lipinski definition) is 2. The summed E-state index contributed by atoms with van der Waals surface area (Å²) in [4.78, 5) is 4.12. The molecule has 0 bridgehead atoms. The van der Waals surface area contributed by atoms with Gasteiger partial charge in [0.25, 0.3) is 0 Å². The Bertz CT molecular complexity index is 765. The fourth-order valence-corrected chi connectivity index (χ4v) is 2.65. The number of fused-ring (bicyclic) bond motifs is 1. The van der Waals surface area contributed by atoms with Crippen LogP contribution in [0.15, 0.2) is 59.3 Å². The highest BCUT2D eigenvalue weighted by atomic mass is 79.9. The van der Waals surface area contributed by atoms with E-state index in [1.165, 1.54) is 0 Å². The molecule has 0 fully saturated rings. The van der Waals surface area contributed by atoms with Crippen LogP contribution >= 0.6 is 15.9 Å². The van der Waals surface area contributed by atoms with Crippen LogP contribution in [0.3, 0.4) is 0 Å². The molecule has 20 heavy (non-hydrogen) atoms. The van der Waals surface area contributed by atoms with Crippen molar-refractivity contribution in [3.63, 3.8) is 0 Å². The molecular formula is C17H14BrNO. The summed E-state index contributed by atoms with van der Waals surface area (Å²) in [6, 6.07) is 13.8. The van der Waals surface area contributed by atoms with Crippen molar-refractivity contribution >= 4 is 26.7 Å². The molecule has 2 nitrogen and oxygen atoms in total. The van der Waals surface area contributed by atoms with Gasteiger partial charge in [-0.3, -0.25) is 4.98 Å². The van der Waals surface area contributed by atoms with Crippen LogP contribution in [-0.2, 0) is 0 Å². The van der Waals surface area contributed by atoms with E-state index >= 15 is 0 Å². The van der Waals surface area contributed by atoms with Crippen LogP contribution in [0.2, 0.25) is 0 Å². The van der Waals surface area contributed by atoms with Crippen molar-refractivity contribution in [3.05, 3.63) is 76.0 Å². The number of rotatable bonds is 2. The Morgan fingerprint density at radius 3 is 2.80 bits per heavy atom. The summed E-state index contributed by atoms with van der Waals surface area (Å²) in [5.41, 5.74) is 2.92. The molecule has 1 aromatic heterocycles. The minimum atomic E-state index is -0.632. The van der Waals surface area contributed by atoms with Gasteiger partial charge in [-0.25, -0.2) is 0 Å². The van der Waals surface area contributed by atoms with E-state index < -0.39 is 6.10 Å². The second-order valence-electron chi connectivity index (χ2n) is 4.86. The largest absolute Gasteiger partial charge is 0.384 e. The van der Waals surface area contributed by atoms with Gasteiger partial charge in [0.15, 0.2) is 0 Å². The van der Waals surface area contributed by atoms with Crippen LogP contribution < -0.4 is 0 Å². The molecule has 1 N–H and O–H groups in total. The van der Waals surface area contributed by atoms with Crippen molar-refractivity contribution in [2.24, 2.45) is 0 Å². The number of aliphatic hydroxyl groups is 1. The number of hydrogen-bond donors (Lipinski definition) is 1. The van der Waals surface area contributed by atoms with Gasteiger partial charge in [-0.05, 0) is 41.1 Å². The third-order valence-corrected chi connectivity index (χ3v) is 4.40. The lowest BCUT2D eigenvalue weighted by Crippen LogP contribution is -2.01. The van der Waals surface area contributed by atoms with Gasteiger partial charge in [0.1, 0.15) is 6.10 Å². The number of halogens is 1. The maximum atomic E-state index is 10.7. The molecule has 0 saturated heterocycles. The Balaban J connectivity index is 2.12. The zero-order chi connectivity index (χ0) is 14.1. The molecule has 0 radical (unpaired) electrons. The first kappa shape index (κ1) is 13.3. The van der Waals surface area contributed by atoms with E-state index in [0.29, 0.717) is 0 Å². The van der Waals surface area contributed by atoms with Gasteiger partial charge in [-0.2, -0.15) is 0 Å². The first-order valence-corrected chi connectivity index (χ1v) is 7.23. The molecule has 0 amide bonds. The van der Waals surface area contributed by atoms with Crippen molar-refractivity contribution in [1.29, 1.82) is 0 Å². The number of benzene rings is 2. The number of aryl methyl sites for hydroxylation is 1. The van der Waals surface area contributed by atoms with Crippen molar-refractivity contribution in [1.82, 2.24) is 4.98 Å². The molecule has 0 saturated carbocycles. The fraction of sp³-hybridized carbons (Fsp3) is 0.118. The number of pyridine rings is 1. The van der Waals surface area contributed by atoms with Crippen LogP contribution in [-0.4, -0.2) is 10.1 Å². The van der Waals surface area contributed by atoms with Crippen LogP contribution in [0.4, 0.5) is 0 Å². The maximum Gasteiger partial charge on any atom is 0.105 e. The smallest absolute Gasteiger partial charge is 0.105 e. The molecule has 3 aromatic rings. The molecule has 0 aliphatic rings. The Kier molecular flexibility index (Phi) is 3.55. The lowest BCUT2D eigenvalue weighted by molar-refractivity contribution is 0.222. The van der Waals surface area contributed by atoms with Crippen molar-refractivity contribution in [2.75, 3.05) is 0 Å². The van der Waals surface area contributed by atoms with Gasteiger partial charge in [0, 0.05) is 22.3 Å². The van der Waals surface area contributed by atoms with Crippen LogP contribution in [0.25, 0.3) is 10.8 Å². The Morgan fingerprint density at radius 1 is 1.15 bits per heavy atom. The van der Waals surface area contributed by atoms with Crippen molar-refractivity contribution < 1.29 is 5.11 Å². The Hall–Kier alpha value is -1.71. The van der Waals surface area contributed by atoms with Gasteiger partial charge >= 0.3 is 0 Å². The topological polar surface area (TPSA) is 33.1 Å². The minimum absolute atomic E-state index is 0.632. The highest BCUT2D eigenvalue weighted by Crippen LogP contribution is 2.30. The monoisotopic (exact) mass is 327 g/mol. The molecule has 100 valence electrons. The van der Waals surface area contributed by atoms with E-state index in [2.05, 4.69) is 20.9 Å². The zero-order valence-electron chi connectivity index (χ0n) is 11.0. The summed E-state index contributed by atoms with van der Waals surface area (Å²) in [6.45, 7) is 2.02. The lowest BCUT2D eigenvalue weighted by Gasteiger charge is -2.15. The van der Waals surface area contributed by atoms with E-state index in [0.717, 1.165) is 31.9 Å². The SMILES string of the molecule is Cc1cc(C(O)c2cccc3cnccc23)ccc1Br. The number of nitrogens with zero attached hydrogens (tertiary/aromatic N) is 1. The van der Waals surface area contributed by atoms with E-state index in [1.54, 1.807) is 6.20 Å². The normalized spacial score (nSPS) is 12.6. The third-order valence-electron chi connectivity index (χ3n) is 3.51. The number of aromatic nitrogens is 1. The fourth-order valence-electron chi connectivity index (χ4n) is 2.40. The van der Waals surface area contributed by atoms with Gasteiger partial charge in [0.2, 0.25) is 0 Å². The Morgan fingerprint density at radius 2 is 2.00 bits per heavy atom. The van der Waals surface area contributed by atoms with E-state index in [9.17, 15) is 5.11 Å². The Labute approximate surface area is 126 Å². The van der Waals surface area contributed by atoms with Crippen molar-refractivity contribution in [2.45, 2.75) is 13.0 Å². The standard InChI is InChI=1S/C17H14BrNO/c1-11-9-12(5-6-16(11)18)17(20)15-4-2-3-13-10-19-8-7-14(13)15/h2-10,17,20H,1H3. The lowest BCUT2D eigenvalue weighted by atomic mass is 9.96. The molecule has 1 unspecified atom stereocenters. The van der Waals surface area contributed by atoms with Gasteiger partial charge in [0.05, 0.1) is 0 Å². The number of aliphatic hydroxyl groups excluding tert-OH is 1. The molecule has 0 spiro atoms. The summed E-state index contributed by atoms with van der Waals surface area (Å²) in [7, 11) is 0. The van der Waals surface area contributed by atoms with Gasteiger partial charge < -0.3 is 5.11 Å². The zero-order valence-corrected chi connectivity index (χ0v) is 12.6. The summed E-state index contributed by atoms with van der Waals surface area (Å²) >= 11 is 3.48. The summed E-state index contributed by atoms with van der Waals surface area (Å²) < 4.78 is 1.05. The predicted molar refractivity (Wildman–Crippen MR) is 84.7 cm³/mol. The first-order valence-electron chi connectivity index (χ1n) is 6.43. The van der Waals surface area contributed by atoms with Crippen LogP contribution in [0.5, 0.6) is 0 Å². The molecule has 3 rings (SSSR count). The van der Waals surface area contributed by atoms with E-state index in [4.69, 9.17) is 0 Å². The first-order chi connectivity index (χ1) is 9.66. The van der Waals surface area contributed by atoms with E-state index in [1.807, 2.05) is 55.6 Å².